The molecule has 1 aliphatic heterocycles. The standard InChI is InChI=1S/C13H23N5/c1-10-3-7-18(8-4-10)13-9-12(15-6-5-14)16-11(2)17-13/h9-10H,3-8,14H2,1-2H3,(H,15,16,17). The van der Waals surface area contributed by atoms with Gasteiger partial charge in [0.25, 0.3) is 0 Å². The summed E-state index contributed by atoms with van der Waals surface area (Å²) >= 11 is 0. The predicted octanol–water partition coefficient (Wildman–Crippen LogP) is 1.39. The predicted molar refractivity (Wildman–Crippen MR) is 74.9 cm³/mol. The first kappa shape index (κ1) is 13.1. The normalized spacial score (nSPS) is 16.9. The number of nitrogens with one attached hydrogen (secondary N) is 1. The van der Waals surface area contributed by atoms with Crippen molar-refractivity contribution in [3.8, 4) is 0 Å². The van der Waals surface area contributed by atoms with Crippen molar-refractivity contribution in [2.45, 2.75) is 26.7 Å². The second kappa shape index (κ2) is 6.00. The Kier molecular flexibility index (Phi) is 4.36. The first-order valence-corrected chi connectivity index (χ1v) is 6.73. The topological polar surface area (TPSA) is 67.1 Å². The van der Waals surface area contributed by atoms with Crippen LogP contribution in [0.15, 0.2) is 6.07 Å². The molecule has 0 spiro atoms. The zero-order valence-electron chi connectivity index (χ0n) is 11.3. The SMILES string of the molecule is Cc1nc(NCCN)cc(N2CCC(C)CC2)n1. The molecule has 0 amide bonds. The molecule has 18 heavy (non-hydrogen) atoms. The molecule has 0 atom stereocenters. The summed E-state index contributed by atoms with van der Waals surface area (Å²) in [6, 6.07) is 2.03. The molecule has 0 aromatic carbocycles. The van der Waals surface area contributed by atoms with Crippen LogP contribution in [0.2, 0.25) is 0 Å². The van der Waals surface area contributed by atoms with E-state index in [2.05, 4.69) is 27.1 Å². The van der Waals surface area contributed by atoms with E-state index in [1.807, 2.05) is 13.0 Å². The minimum Gasteiger partial charge on any atom is -0.369 e. The molecule has 0 aliphatic carbocycles. The van der Waals surface area contributed by atoms with Crippen LogP contribution in [0.1, 0.15) is 25.6 Å². The summed E-state index contributed by atoms with van der Waals surface area (Å²) in [6.45, 7) is 7.79. The van der Waals surface area contributed by atoms with Gasteiger partial charge in [-0.05, 0) is 25.7 Å². The van der Waals surface area contributed by atoms with Crippen LogP contribution in [-0.2, 0) is 0 Å². The van der Waals surface area contributed by atoms with Crippen LogP contribution >= 0.6 is 0 Å². The highest BCUT2D eigenvalue weighted by atomic mass is 15.2. The van der Waals surface area contributed by atoms with Gasteiger partial charge in [0.15, 0.2) is 0 Å². The second-order valence-electron chi connectivity index (χ2n) is 5.04. The smallest absolute Gasteiger partial charge is 0.134 e. The van der Waals surface area contributed by atoms with E-state index in [0.717, 1.165) is 43.0 Å². The average Bonchev–Trinajstić information content (AvgIpc) is 2.36. The van der Waals surface area contributed by atoms with Crippen molar-refractivity contribution in [3.05, 3.63) is 11.9 Å². The van der Waals surface area contributed by atoms with E-state index in [1.54, 1.807) is 0 Å². The number of nitrogens with two attached hydrogens (primary N) is 1. The van der Waals surface area contributed by atoms with E-state index in [-0.39, 0.29) is 0 Å². The molecule has 0 bridgehead atoms. The van der Waals surface area contributed by atoms with Crippen LogP contribution < -0.4 is 16.0 Å². The van der Waals surface area contributed by atoms with Gasteiger partial charge in [0, 0.05) is 32.2 Å². The van der Waals surface area contributed by atoms with Gasteiger partial charge < -0.3 is 16.0 Å². The Labute approximate surface area is 109 Å². The molecule has 0 unspecified atom stereocenters. The molecule has 0 saturated carbocycles. The fraction of sp³-hybridized carbons (Fsp3) is 0.692. The Balaban J connectivity index is 2.09. The maximum absolute atomic E-state index is 5.49. The maximum atomic E-state index is 5.49. The number of hydrogen-bond acceptors (Lipinski definition) is 5. The molecular weight excluding hydrogens is 226 g/mol. The number of anilines is 2. The van der Waals surface area contributed by atoms with Crippen molar-refractivity contribution in [2.24, 2.45) is 11.7 Å². The summed E-state index contributed by atoms with van der Waals surface area (Å²) in [5.41, 5.74) is 5.49. The Hall–Kier alpha value is -1.36. The summed E-state index contributed by atoms with van der Waals surface area (Å²) in [5.74, 6) is 3.56. The van der Waals surface area contributed by atoms with Crippen LogP contribution in [0.5, 0.6) is 0 Å². The Morgan fingerprint density at radius 2 is 2.11 bits per heavy atom. The summed E-state index contributed by atoms with van der Waals surface area (Å²) in [5, 5.41) is 3.22. The van der Waals surface area contributed by atoms with Gasteiger partial charge in [-0.25, -0.2) is 9.97 Å². The van der Waals surface area contributed by atoms with Crippen LogP contribution in [0, 0.1) is 12.8 Å². The molecule has 1 saturated heterocycles. The Bertz CT molecular complexity index is 385. The van der Waals surface area contributed by atoms with E-state index in [4.69, 9.17) is 5.73 Å². The van der Waals surface area contributed by atoms with Gasteiger partial charge in [-0.1, -0.05) is 6.92 Å². The second-order valence-corrected chi connectivity index (χ2v) is 5.04. The van der Waals surface area contributed by atoms with Gasteiger partial charge in [0.05, 0.1) is 0 Å². The summed E-state index contributed by atoms with van der Waals surface area (Å²) in [4.78, 5) is 11.3. The minimum atomic E-state index is 0.611. The van der Waals surface area contributed by atoms with Crippen molar-refractivity contribution in [1.29, 1.82) is 0 Å². The monoisotopic (exact) mass is 249 g/mol. The molecule has 2 rings (SSSR count). The number of piperidine rings is 1. The molecule has 100 valence electrons. The fourth-order valence-electron chi connectivity index (χ4n) is 2.24. The molecule has 2 heterocycles. The molecule has 1 aromatic rings. The van der Waals surface area contributed by atoms with Gasteiger partial charge in [0.1, 0.15) is 17.5 Å². The number of aryl methyl sites for hydroxylation is 1. The maximum Gasteiger partial charge on any atom is 0.134 e. The molecule has 3 N–H and O–H groups in total. The van der Waals surface area contributed by atoms with E-state index in [9.17, 15) is 0 Å². The first-order valence-electron chi connectivity index (χ1n) is 6.73. The molecule has 1 aromatic heterocycles. The van der Waals surface area contributed by atoms with E-state index >= 15 is 0 Å². The van der Waals surface area contributed by atoms with Crippen LogP contribution in [0.3, 0.4) is 0 Å². The van der Waals surface area contributed by atoms with Crippen molar-refractivity contribution in [1.82, 2.24) is 9.97 Å². The van der Waals surface area contributed by atoms with Crippen molar-refractivity contribution in [2.75, 3.05) is 36.4 Å². The van der Waals surface area contributed by atoms with Crippen LogP contribution in [0.25, 0.3) is 0 Å². The van der Waals surface area contributed by atoms with Gasteiger partial charge in [0.2, 0.25) is 0 Å². The number of hydrogen-bond donors (Lipinski definition) is 2. The van der Waals surface area contributed by atoms with Gasteiger partial charge >= 0.3 is 0 Å². The van der Waals surface area contributed by atoms with E-state index in [0.29, 0.717) is 6.54 Å². The molecular formula is C13H23N5. The highest BCUT2D eigenvalue weighted by Gasteiger charge is 2.17. The molecule has 1 fully saturated rings. The molecule has 1 aliphatic rings. The number of rotatable bonds is 4. The van der Waals surface area contributed by atoms with E-state index < -0.39 is 0 Å². The van der Waals surface area contributed by atoms with Gasteiger partial charge in [-0.2, -0.15) is 0 Å². The summed E-state index contributed by atoms with van der Waals surface area (Å²) in [7, 11) is 0. The lowest BCUT2D eigenvalue weighted by molar-refractivity contribution is 0.436. The first-order chi connectivity index (χ1) is 8.69. The van der Waals surface area contributed by atoms with Crippen LogP contribution in [0.4, 0.5) is 11.6 Å². The minimum absolute atomic E-state index is 0.611. The largest absolute Gasteiger partial charge is 0.369 e. The van der Waals surface area contributed by atoms with Crippen LogP contribution in [-0.4, -0.2) is 36.1 Å². The zero-order valence-corrected chi connectivity index (χ0v) is 11.3. The van der Waals surface area contributed by atoms with E-state index in [1.165, 1.54) is 12.8 Å². The fourth-order valence-corrected chi connectivity index (χ4v) is 2.24. The van der Waals surface area contributed by atoms with Crippen molar-refractivity contribution < 1.29 is 0 Å². The highest BCUT2D eigenvalue weighted by molar-refractivity contribution is 5.49. The molecule has 0 radical (unpaired) electrons. The summed E-state index contributed by atoms with van der Waals surface area (Å²) < 4.78 is 0. The van der Waals surface area contributed by atoms with Crippen molar-refractivity contribution in [3.63, 3.8) is 0 Å². The quantitative estimate of drug-likeness (QED) is 0.844. The summed E-state index contributed by atoms with van der Waals surface area (Å²) in [6.07, 6.45) is 2.49. The third-order valence-corrected chi connectivity index (χ3v) is 3.38. The number of aromatic nitrogens is 2. The molecule has 5 nitrogen and oxygen atoms in total. The zero-order chi connectivity index (χ0) is 13.0. The Morgan fingerprint density at radius 1 is 1.39 bits per heavy atom. The number of nitrogens with zero attached hydrogens (tertiary/aromatic N) is 3. The Morgan fingerprint density at radius 3 is 2.78 bits per heavy atom. The van der Waals surface area contributed by atoms with Gasteiger partial charge in [-0.3, -0.25) is 0 Å². The third-order valence-electron chi connectivity index (χ3n) is 3.38. The van der Waals surface area contributed by atoms with Gasteiger partial charge in [-0.15, -0.1) is 0 Å². The highest BCUT2D eigenvalue weighted by Crippen LogP contribution is 2.22. The average molecular weight is 249 g/mol. The lowest BCUT2D eigenvalue weighted by Crippen LogP contribution is -2.33. The lowest BCUT2D eigenvalue weighted by Gasteiger charge is -2.31. The van der Waals surface area contributed by atoms with Crippen molar-refractivity contribution >= 4 is 11.6 Å². The lowest BCUT2D eigenvalue weighted by atomic mass is 9.99. The third kappa shape index (κ3) is 3.32. The molecule has 5 heteroatoms.